The molecule has 1 N–H and O–H groups in total. The maximum Gasteiger partial charge on any atom is 0.269 e. The smallest absolute Gasteiger partial charge is 0.269 e. The molecule has 1 saturated heterocycles. The van der Waals surface area contributed by atoms with E-state index in [1.54, 1.807) is 30.5 Å². The fraction of sp³-hybridized carbons (Fsp3) is 0.353. The highest BCUT2D eigenvalue weighted by Gasteiger charge is 2.39. The summed E-state index contributed by atoms with van der Waals surface area (Å²) in [5.74, 6) is 0. The van der Waals surface area contributed by atoms with Crippen LogP contribution in [-0.2, 0) is 15.6 Å². The highest BCUT2D eigenvalue weighted by molar-refractivity contribution is 7.90. The first-order chi connectivity index (χ1) is 21.5. The van der Waals surface area contributed by atoms with Crippen LogP contribution in [0.2, 0.25) is 5.02 Å². The summed E-state index contributed by atoms with van der Waals surface area (Å²) >= 11 is 8.18. The van der Waals surface area contributed by atoms with E-state index in [0.29, 0.717) is 45.6 Å². The van der Waals surface area contributed by atoms with Crippen LogP contribution in [0.15, 0.2) is 71.9 Å². The molecular formula is C34H36ClN5O3S2. The van der Waals surface area contributed by atoms with Crippen molar-refractivity contribution in [2.45, 2.75) is 55.6 Å². The number of fused-ring (bicyclic) bond motifs is 1. The van der Waals surface area contributed by atoms with E-state index in [4.69, 9.17) is 11.6 Å². The van der Waals surface area contributed by atoms with Gasteiger partial charge in [0.1, 0.15) is 10.6 Å². The van der Waals surface area contributed by atoms with Crippen LogP contribution in [-0.4, -0.2) is 65.6 Å². The summed E-state index contributed by atoms with van der Waals surface area (Å²) in [5.41, 5.74) is 3.39. The zero-order valence-electron chi connectivity index (χ0n) is 25.6. The fourth-order valence-electron chi connectivity index (χ4n) is 6.42. The molecule has 234 valence electrons. The van der Waals surface area contributed by atoms with Crippen LogP contribution in [0.3, 0.4) is 0 Å². The number of aliphatic hydroxyl groups is 1. The Morgan fingerprint density at radius 2 is 1.69 bits per heavy atom. The summed E-state index contributed by atoms with van der Waals surface area (Å²) in [4.78, 5) is 14.8. The molecule has 0 radical (unpaired) electrons. The van der Waals surface area contributed by atoms with E-state index in [1.807, 2.05) is 25.1 Å². The van der Waals surface area contributed by atoms with Crippen molar-refractivity contribution in [3.63, 3.8) is 0 Å². The summed E-state index contributed by atoms with van der Waals surface area (Å²) < 4.78 is 30.1. The van der Waals surface area contributed by atoms with E-state index >= 15 is 0 Å². The van der Waals surface area contributed by atoms with Crippen LogP contribution < -0.4 is 4.90 Å². The van der Waals surface area contributed by atoms with Crippen molar-refractivity contribution in [2.75, 3.05) is 32.1 Å². The number of nitrogens with zero attached hydrogens (tertiary/aromatic N) is 5. The number of thiazole rings is 1. The number of aryl methyl sites for hydroxylation is 1. The topological polar surface area (TPSA) is 91.6 Å². The average Bonchev–Trinajstić information content (AvgIpc) is 3.66. The first-order valence-electron chi connectivity index (χ1n) is 15.3. The molecule has 1 aliphatic carbocycles. The van der Waals surface area contributed by atoms with Crippen molar-refractivity contribution >= 4 is 49.7 Å². The van der Waals surface area contributed by atoms with Crippen molar-refractivity contribution in [2.24, 2.45) is 0 Å². The van der Waals surface area contributed by atoms with E-state index in [9.17, 15) is 13.5 Å². The molecular weight excluding hydrogens is 626 g/mol. The first kappa shape index (κ1) is 30.4. The van der Waals surface area contributed by atoms with Crippen LogP contribution in [0.1, 0.15) is 42.7 Å². The summed E-state index contributed by atoms with van der Waals surface area (Å²) in [6.07, 6.45) is 7.74. The summed E-state index contributed by atoms with van der Waals surface area (Å²) in [7, 11) is 0.230. The van der Waals surface area contributed by atoms with E-state index in [2.05, 4.69) is 46.0 Å². The van der Waals surface area contributed by atoms with Crippen LogP contribution >= 0.6 is 22.9 Å². The first-order valence-corrected chi connectivity index (χ1v) is 17.9. The maximum absolute atomic E-state index is 14.4. The molecule has 0 spiro atoms. The summed E-state index contributed by atoms with van der Waals surface area (Å²) in [6.45, 7) is 3.88. The van der Waals surface area contributed by atoms with Gasteiger partial charge in [-0.25, -0.2) is 22.4 Å². The molecule has 0 atom stereocenters. The minimum atomic E-state index is -4.04. The Balaban J connectivity index is 1.36. The Morgan fingerprint density at radius 1 is 1.00 bits per heavy atom. The van der Waals surface area contributed by atoms with Gasteiger partial charge in [-0.15, -0.1) is 11.3 Å². The second-order valence-electron chi connectivity index (χ2n) is 12.5. The lowest BCUT2D eigenvalue weighted by molar-refractivity contribution is -0.0389. The number of rotatable bonds is 7. The molecule has 2 aliphatic rings. The third-order valence-electron chi connectivity index (χ3n) is 9.35. The van der Waals surface area contributed by atoms with Crippen LogP contribution in [0, 0.1) is 6.92 Å². The third kappa shape index (κ3) is 5.36. The molecule has 0 amide bonds. The molecule has 2 aromatic carbocycles. The number of halogens is 1. The van der Waals surface area contributed by atoms with Gasteiger partial charge in [0, 0.05) is 48.2 Å². The van der Waals surface area contributed by atoms with Gasteiger partial charge in [-0.2, -0.15) is 0 Å². The molecule has 2 fully saturated rings. The van der Waals surface area contributed by atoms with Gasteiger partial charge < -0.3 is 14.9 Å². The van der Waals surface area contributed by atoms with Crippen molar-refractivity contribution in [3.05, 3.63) is 82.6 Å². The molecule has 4 heterocycles. The lowest BCUT2D eigenvalue weighted by Crippen LogP contribution is -2.41. The number of hydrogen-bond acceptors (Lipinski definition) is 8. The fourth-order valence-corrected chi connectivity index (χ4v) is 9.35. The Kier molecular flexibility index (Phi) is 7.77. The zero-order chi connectivity index (χ0) is 31.5. The molecule has 45 heavy (non-hydrogen) atoms. The Labute approximate surface area is 273 Å². The number of hydrogen-bond donors (Lipinski definition) is 1. The van der Waals surface area contributed by atoms with Crippen molar-refractivity contribution < 1.29 is 13.5 Å². The standard InChI is InChI=1S/C34H36ClN5O3S2/c1-22-5-11-26(12-6-22)45(42,43)40-29(23-7-9-25(10-8-23)39-17-13-24(14-18-39)38(2)3)19-27-31(28(35)20-36-32(27)40)30-21-37-33(44-30)34(41)15-4-16-34/h5-12,19-21,24,41H,4,13-18H2,1-3H3. The number of aromatic nitrogens is 3. The molecule has 3 aromatic heterocycles. The number of benzene rings is 2. The monoisotopic (exact) mass is 661 g/mol. The number of anilines is 1. The quantitative estimate of drug-likeness (QED) is 0.202. The molecule has 1 aliphatic heterocycles. The number of piperidine rings is 1. The Bertz CT molecular complexity index is 1970. The number of pyridine rings is 1. The van der Waals surface area contributed by atoms with E-state index < -0.39 is 15.6 Å². The van der Waals surface area contributed by atoms with Crippen LogP contribution in [0.25, 0.3) is 32.7 Å². The molecule has 7 rings (SSSR count). The lowest BCUT2D eigenvalue weighted by Gasteiger charge is -2.36. The van der Waals surface area contributed by atoms with E-state index in [-0.39, 0.29) is 10.5 Å². The van der Waals surface area contributed by atoms with E-state index in [0.717, 1.165) is 54.0 Å². The highest BCUT2D eigenvalue weighted by atomic mass is 35.5. The predicted octanol–water partition coefficient (Wildman–Crippen LogP) is 6.93. The van der Waals surface area contributed by atoms with Gasteiger partial charge in [-0.1, -0.05) is 41.4 Å². The largest absolute Gasteiger partial charge is 0.383 e. The molecule has 0 bridgehead atoms. The van der Waals surface area contributed by atoms with Gasteiger partial charge in [-0.3, -0.25) is 0 Å². The van der Waals surface area contributed by atoms with Crippen molar-refractivity contribution in [1.82, 2.24) is 18.8 Å². The van der Waals surface area contributed by atoms with Gasteiger partial charge in [-0.05, 0) is 89.0 Å². The SMILES string of the molecule is Cc1ccc(S(=O)(=O)n2c(-c3ccc(N4CCC(N(C)C)CC4)cc3)cc3c(-c4cnc(C5(O)CCC5)s4)c(Cl)cnc32)cc1. The molecule has 5 aromatic rings. The molecule has 1 saturated carbocycles. The van der Waals surface area contributed by atoms with Gasteiger partial charge in [0.05, 0.1) is 20.5 Å². The minimum absolute atomic E-state index is 0.179. The van der Waals surface area contributed by atoms with Gasteiger partial charge >= 0.3 is 0 Å². The van der Waals surface area contributed by atoms with Crippen molar-refractivity contribution in [3.8, 4) is 21.7 Å². The highest BCUT2D eigenvalue weighted by Crippen LogP contribution is 2.47. The predicted molar refractivity (Wildman–Crippen MR) is 182 cm³/mol. The maximum atomic E-state index is 14.4. The summed E-state index contributed by atoms with van der Waals surface area (Å²) in [5, 5.41) is 12.6. The van der Waals surface area contributed by atoms with Gasteiger partial charge in [0.2, 0.25) is 0 Å². The second-order valence-corrected chi connectivity index (χ2v) is 15.7. The van der Waals surface area contributed by atoms with Gasteiger partial charge in [0.15, 0.2) is 5.65 Å². The van der Waals surface area contributed by atoms with E-state index in [1.165, 1.54) is 21.5 Å². The normalized spacial score (nSPS) is 17.2. The molecule has 0 unspecified atom stereocenters. The van der Waals surface area contributed by atoms with Crippen LogP contribution in [0.5, 0.6) is 0 Å². The van der Waals surface area contributed by atoms with Crippen LogP contribution in [0.4, 0.5) is 5.69 Å². The lowest BCUT2D eigenvalue weighted by atomic mass is 9.81. The third-order valence-corrected chi connectivity index (χ3v) is 12.6. The van der Waals surface area contributed by atoms with Gasteiger partial charge in [0.25, 0.3) is 10.0 Å². The average molecular weight is 662 g/mol. The molecule has 11 heteroatoms. The van der Waals surface area contributed by atoms with Crippen molar-refractivity contribution in [1.29, 1.82) is 0 Å². The second kappa shape index (κ2) is 11.5. The molecule has 8 nitrogen and oxygen atoms in total. The Morgan fingerprint density at radius 3 is 2.31 bits per heavy atom. The zero-order valence-corrected chi connectivity index (χ0v) is 28.0. The summed E-state index contributed by atoms with van der Waals surface area (Å²) in [6, 6.07) is 17.4. The minimum Gasteiger partial charge on any atom is -0.383 e. The Hall–Kier alpha value is -3.28.